The van der Waals surface area contributed by atoms with Crippen LogP contribution in [0.5, 0.6) is 0 Å². The number of nitro groups is 1. The maximum absolute atomic E-state index is 11.2. The lowest BCUT2D eigenvalue weighted by Crippen LogP contribution is -2.17. The molecule has 4 nitrogen and oxygen atoms in total. The average Bonchev–Trinajstić information content (AvgIpc) is 2.25. The molecule has 0 amide bonds. The largest absolute Gasteiger partial charge is 0.315 e. The van der Waals surface area contributed by atoms with Crippen LogP contribution in [0, 0.1) is 21.7 Å². The molecule has 1 N–H and O–H groups in total. The van der Waals surface area contributed by atoms with Crippen LogP contribution in [-0.4, -0.2) is 13.0 Å². The number of anilines is 1. The molecule has 0 heterocycles. The summed E-state index contributed by atoms with van der Waals surface area (Å²) < 4.78 is 0. The van der Waals surface area contributed by atoms with E-state index in [-0.39, 0.29) is 16.0 Å². The summed E-state index contributed by atoms with van der Waals surface area (Å²) in [5.74, 6) is 0. The Kier molecular flexibility index (Phi) is 4.61. The van der Waals surface area contributed by atoms with Crippen molar-refractivity contribution in [2.24, 2.45) is 0 Å². The molecule has 0 bridgehead atoms. The fourth-order valence-corrected chi connectivity index (χ4v) is 2.12. The number of rotatable bonds is 2. The number of hydrogen-bond acceptors (Lipinski definition) is 3. The quantitative estimate of drug-likeness (QED) is 0.293. The van der Waals surface area contributed by atoms with Crippen molar-refractivity contribution in [3.8, 4) is 11.6 Å². The summed E-state index contributed by atoms with van der Waals surface area (Å²) in [6, 6.07) is 8.10. The molecular formula is C15H22N2O2Si. The maximum atomic E-state index is 11.2. The average molecular weight is 290 g/mol. The number of nitro benzene ring substituents is 1. The molecular weight excluding hydrogens is 268 g/mol. The van der Waals surface area contributed by atoms with Crippen molar-refractivity contribution in [3.63, 3.8) is 0 Å². The molecule has 20 heavy (non-hydrogen) atoms. The van der Waals surface area contributed by atoms with Gasteiger partial charge in [0.2, 0.25) is 0 Å². The number of nitrogens with zero attached hydrogens (tertiary/aromatic N) is 1. The molecule has 0 radical (unpaired) electrons. The van der Waals surface area contributed by atoms with E-state index < -0.39 is 8.07 Å². The van der Waals surface area contributed by atoms with Gasteiger partial charge in [-0.05, 0) is 17.5 Å². The van der Waals surface area contributed by atoms with Gasteiger partial charge in [0.05, 0.1) is 10.6 Å². The topological polar surface area (TPSA) is 55.2 Å². The molecule has 0 atom stereocenters. The Morgan fingerprint density at radius 2 is 1.85 bits per heavy atom. The van der Waals surface area contributed by atoms with Gasteiger partial charge in [-0.2, -0.15) is 0 Å². The van der Waals surface area contributed by atoms with Crippen LogP contribution in [0.3, 0.4) is 0 Å². The fourth-order valence-electron chi connectivity index (χ4n) is 1.69. The van der Waals surface area contributed by atoms with E-state index >= 15 is 0 Å². The molecule has 5 heteroatoms. The van der Waals surface area contributed by atoms with E-state index in [2.05, 4.69) is 36.5 Å². The van der Waals surface area contributed by atoms with Crippen molar-refractivity contribution >= 4 is 19.4 Å². The van der Waals surface area contributed by atoms with Crippen molar-refractivity contribution in [2.75, 3.05) is 5.32 Å². The van der Waals surface area contributed by atoms with E-state index in [1.54, 1.807) is 12.1 Å². The molecule has 0 spiro atoms. The standard InChI is InChI=1S/C15H22N2O2Si/c1-15(2,3)13-8-7-12(11-14(13)17(18)19)16-9-10-20(4,5)6/h7-8,11,16H,1-6H3. The van der Waals surface area contributed by atoms with Gasteiger partial charge in [0.1, 0.15) is 8.07 Å². The van der Waals surface area contributed by atoms with E-state index in [0.717, 1.165) is 5.56 Å². The maximum Gasteiger partial charge on any atom is 0.275 e. The SMILES string of the molecule is CC(C)(C)c1ccc(NC#C[Si](C)(C)C)cc1[N+](=O)[O-]. The van der Waals surface area contributed by atoms with Gasteiger partial charge < -0.3 is 5.32 Å². The summed E-state index contributed by atoms with van der Waals surface area (Å²) >= 11 is 0. The van der Waals surface area contributed by atoms with Crippen LogP contribution < -0.4 is 5.32 Å². The van der Waals surface area contributed by atoms with Crippen LogP contribution in [0.25, 0.3) is 0 Å². The Bertz CT molecular complexity index is 572. The lowest BCUT2D eigenvalue weighted by Gasteiger charge is -2.19. The Balaban J connectivity index is 3.11. The Hall–Kier alpha value is -1.80. The summed E-state index contributed by atoms with van der Waals surface area (Å²) in [7, 11) is -1.44. The summed E-state index contributed by atoms with van der Waals surface area (Å²) in [6.07, 6.45) is 0. The smallest absolute Gasteiger partial charge is 0.275 e. The van der Waals surface area contributed by atoms with E-state index in [0.29, 0.717) is 5.69 Å². The predicted octanol–water partition coefficient (Wildman–Crippen LogP) is 4.14. The normalized spacial score (nSPS) is 11.5. The zero-order valence-electron chi connectivity index (χ0n) is 13.0. The van der Waals surface area contributed by atoms with Gasteiger partial charge in [-0.25, -0.2) is 0 Å². The van der Waals surface area contributed by atoms with Gasteiger partial charge in [-0.3, -0.25) is 10.1 Å². The highest BCUT2D eigenvalue weighted by atomic mass is 28.3. The van der Waals surface area contributed by atoms with Gasteiger partial charge in [-0.15, -0.1) is 5.54 Å². The zero-order valence-corrected chi connectivity index (χ0v) is 14.0. The van der Waals surface area contributed by atoms with Gasteiger partial charge >= 0.3 is 0 Å². The molecule has 0 aliphatic heterocycles. The molecule has 0 unspecified atom stereocenters. The molecule has 0 fully saturated rings. The first-order valence-corrected chi connectivity index (χ1v) is 10.1. The highest BCUT2D eigenvalue weighted by molar-refractivity contribution is 6.83. The lowest BCUT2D eigenvalue weighted by atomic mass is 9.85. The van der Waals surface area contributed by atoms with Crippen LogP contribution in [-0.2, 0) is 5.41 Å². The Morgan fingerprint density at radius 3 is 2.30 bits per heavy atom. The summed E-state index contributed by atoms with van der Waals surface area (Å²) in [4.78, 5) is 10.9. The molecule has 0 aliphatic rings. The van der Waals surface area contributed by atoms with Crippen molar-refractivity contribution in [1.29, 1.82) is 0 Å². The monoisotopic (exact) mass is 290 g/mol. The van der Waals surface area contributed by atoms with Gasteiger partial charge in [0.15, 0.2) is 0 Å². The second-order valence-corrected chi connectivity index (χ2v) is 11.6. The van der Waals surface area contributed by atoms with Crippen molar-refractivity contribution in [3.05, 3.63) is 33.9 Å². The van der Waals surface area contributed by atoms with Gasteiger partial charge in [0.25, 0.3) is 5.69 Å². The predicted molar refractivity (Wildman–Crippen MR) is 86.5 cm³/mol. The zero-order chi connectivity index (χ0) is 15.6. The minimum Gasteiger partial charge on any atom is -0.315 e. The van der Waals surface area contributed by atoms with E-state index in [9.17, 15) is 10.1 Å². The number of nitrogens with one attached hydrogen (secondary N) is 1. The molecule has 0 aromatic heterocycles. The van der Waals surface area contributed by atoms with Gasteiger partial charge in [-0.1, -0.05) is 40.4 Å². The van der Waals surface area contributed by atoms with Crippen molar-refractivity contribution in [2.45, 2.75) is 45.8 Å². The Labute approximate surface area is 121 Å². The summed E-state index contributed by atoms with van der Waals surface area (Å²) in [5, 5.41) is 14.1. The molecule has 0 aliphatic carbocycles. The van der Waals surface area contributed by atoms with Crippen molar-refractivity contribution in [1.82, 2.24) is 0 Å². The third-order valence-corrected chi connectivity index (χ3v) is 3.52. The highest BCUT2D eigenvalue weighted by Crippen LogP contribution is 2.33. The van der Waals surface area contributed by atoms with E-state index in [4.69, 9.17) is 0 Å². The van der Waals surface area contributed by atoms with Crippen LogP contribution in [0.1, 0.15) is 26.3 Å². The fraction of sp³-hybridized carbons (Fsp3) is 0.467. The minimum absolute atomic E-state index is 0.136. The summed E-state index contributed by atoms with van der Waals surface area (Å²) in [6.45, 7) is 12.3. The van der Waals surface area contributed by atoms with Crippen LogP contribution in [0.2, 0.25) is 19.6 Å². The van der Waals surface area contributed by atoms with E-state index in [1.807, 2.05) is 26.8 Å². The third kappa shape index (κ3) is 4.70. The highest BCUT2D eigenvalue weighted by Gasteiger charge is 2.24. The van der Waals surface area contributed by atoms with Crippen LogP contribution in [0.4, 0.5) is 11.4 Å². The van der Waals surface area contributed by atoms with Crippen molar-refractivity contribution < 1.29 is 4.92 Å². The first-order valence-electron chi connectivity index (χ1n) is 6.58. The van der Waals surface area contributed by atoms with Gasteiger partial charge in [0, 0.05) is 17.7 Å². The van der Waals surface area contributed by atoms with E-state index in [1.165, 1.54) is 0 Å². The van der Waals surface area contributed by atoms with Crippen LogP contribution >= 0.6 is 0 Å². The van der Waals surface area contributed by atoms with Crippen LogP contribution in [0.15, 0.2) is 18.2 Å². The minimum atomic E-state index is -1.44. The number of benzene rings is 1. The summed E-state index contributed by atoms with van der Waals surface area (Å²) in [5.41, 5.74) is 4.44. The lowest BCUT2D eigenvalue weighted by molar-refractivity contribution is -0.385. The molecule has 1 rings (SSSR count). The molecule has 1 aromatic carbocycles. The third-order valence-electron chi connectivity index (χ3n) is 2.65. The molecule has 1 aromatic rings. The second-order valence-electron chi connectivity index (χ2n) is 6.86. The first-order chi connectivity index (χ1) is 9.00. The number of hydrogen-bond donors (Lipinski definition) is 1. The molecule has 0 saturated carbocycles. The second kappa shape index (κ2) is 5.67. The molecule has 108 valence electrons. The molecule has 0 saturated heterocycles. The first kappa shape index (κ1) is 16.3. The Morgan fingerprint density at radius 1 is 1.25 bits per heavy atom.